The lowest BCUT2D eigenvalue weighted by Gasteiger charge is -2.41. The van der Waals surface area contributed by atoms with Gasteiger partial charge in [-0.3, -0.25) is 9.59 Å². The number of amides is 1. The highest BCUT2D eigenvalue weighted by Crippen LogP contribution is 2.33. The Morgan fingerprint density at radius 3 is 2.39 bits per heavy atom. The van der Waals surface area contributed by atoms with Gasteiger partial charge in [-0.15, -0.1) is 0 Å². The predicted molar refractivity (Wildman–Crippen MR) is 130 cm³/mol. The molecule has 2 aromatic carbocycles. The maximum absolute atomic E-state index is 13.8. The zero-order chi connectivity index (χ0) is 24.3. The van der Waals surface area contributed by atoms with Crippen molar-refractivity contribution < 1.29 is 18.7 Å². The Bertz CT molecular complexity index is 1020. The van der Waals surface area contributed by atoms with Crippen LogP contribution in [0.25, 0.3) is 0 Å². The second-order valence-electron chi connectivity index (χ2n) is 9.83. The first-order valence-electron chi connectivity index (χ1n) is 11.4. The molecule has 0 bridgehead atoms. The van der Waals surface area contributed by atoms with Crippen molar-refractivity contribution in [1.82, 2.24) is 0 Å². The van der Waals surface area contributed by atoms with Gasteiger partial charge in [-0.2, -0.15) is 0 Å². The Morgan fingerprint density at radius 1 is 1.12 bits per heavy atom. The number of rotatable bonds is 5. The van der Waals surface area contributed by atoms with Crippen LogP contribution in [-0.2, 0) is 16.0 Å². The van der Waals surface area contributed by atoms with E-state index in [1.54, 1.807) is 32.9 Å². The van der Waals surface area contributed by atoms with E-state index in [0.29, 0.717) is 34.6 Å². The summed E-state index contributed by atoms with van der Waals surface area (Å²) in [7, 11) is 0. The highest BCUT2D eigenvalue weighted by molar-refractivity contribution is 6.06. The van der Waals surface area contributed by atoms with Crippen LogP contribution in [0.15, 0.2) is 36.4 Å². The van der Waals surface area contributed by atoms with Gasteiger partial charge < -0.3 is 20.7 Å². The molecule has 0 saturated carbocycles. The van der Waals surface area contributed by atoms with E-state index in [2.05, 4.69) is 24.1 Å². The fourth-order valence-electron chi connectivity index (χ4n) is 4.39. The molecule has 3 rings (SSSR count). The summed E-state index contributed by atoms with van der Waals surface area (Å²) in [4.78, 5) is 27.5. The fraction of sp³-hybridized carbons (Fsp3) is 0.462. The van der Waals surface area contributed by atoms with E-state index < -0.39 is 17.4 Å². The molecule has 7 heteroatoms. The normalized spacial score (nSPS) is 18.7. The van der Waals surface area contributed by atoms with Crippen molar-refractivity contribution in [2.75, 3.05) is 16.0 Å². The van der Waals surface area contributed by atoms with Crippen LogP contribution in [0.1, 0.15) is 69.8 Å². The van der Waals surface area contributed by atoms with Crippen molar-refractivity contribution >= 4 is 28.9 Å². The highest BCUT2D eigenvalue weighted by Gasteiger charge is 2.26. The molecule has 3 N–H and O–H groups in total. The lowest BCUT2D eigenvalue weighted by atomic mass is 9.96. The van der Waals surface area contributed by atoms with Gasteiger partial charge in [0.1, 0.15) is 11.4 Å². The lowest BCUT2D eigenvalue weighted by Crippen LogP contribution is -2.44. The Kier molecular flexibility index (Phi) is 7.30. The molecule has 1 amide bonds. The standard InChI is InChI=1S/C26H34FN3O3/c1-16-7-6-8-17(2)30(16)23-12-9-18(14-21(23)28)25(32)29-22-11-10-20(27)13-19(22)15-24(31)33-26(3,4)5/h9-14,16-17H,6-8,15,28H2,1-5H3,(H,29,32). The summed E-state index contributed by atoms with van der Waals surface area (Å²) in [5.74, 6) is -1.38. The minimum absolute atomic E-state index is 0.156. The molecule has 33 heavy (non-hydrogen) atoms. The molecule has 0 aliphatic carbocycles. The van der Waals surface area contributed by atoms with E-state index in [0.717, 1.165) is 18.5 Å². The molecular formula is C26H34FN3O3. The van der Waals surface area contributed by atoms with Gasteiger partial charge in [-0.1, -0.05) is 0 Å². The summed E-state index contributed by atoms with van der Waals surface area (Å²) in [6.07, 6.45) is 3.26. The van der Waals surface area contributed by atoms with E-state index in [1.807, 2.05) is 6.07 Å². The summed E-state index contributed by atoms with van der Waals surface area (Å²) in [6.45, 7) is 9.67. The van der Waals surface area contributed by atoms with Gasteiger partial charge in [0, 0.05) is 23.3 Å². The van der Waals surface area contributed by atoms with Crippen LogP contribution in [0.4, 0.5) is 21.5 Å². The van der Waals surface area contributed by atoms with Gasteiger partial charge in [0.2, 0.25) is 0 Å². The smallest absolute Gasteiger partial charge is 0.310 e. The quantitative estimate of drug-likeness (QED) is 0.471. The molecule has 1 aliphatic rings. The number of hydrogen-bond acceptors (Lipinski definition) is 5. The molecule has 2 unspecified atom stereocenters. The number of nitrogens with zero attached hydrogens (tertiary/aromatic N) is 1. The Labute approximate surface area is 195 Å². The monoisotopic (exact) mass is 455 g/mol. The van der Waals surface area contributed by atoms with Crippen molar-refractivity contribution in [2.45, 2.75) is 78.0 Å². The van der Waals surface area contributed by atoms with Crippen LogP contribution < -0.4 is 16.0 Å². The van der Waals surface area contributed by atoms with Crippen LogP contribution >= 0.6 is 0 Å². The first-order valence-corrected chi connectivity index (χ1v) is 11.4. The lowest BCUT2D eigenvalue weighted by molar-refractivity contribution is -0.153. The third-order valence-electron chi connectivity index (χ3n) is 5.83. The number of nitrogens with one attached hydrogen (secondary N) is 1. The Hall–Kier alpha value is -3.09. The number of nitrogen functional groups attached to an aromatic ring is 1. The van der Waals surface area contributed by atoms with Crippen LogP contribution in [0.5, 0.6) is 0 Å². The molecule has 0 radical (unpaired) electrons. The minimum atomic E-state index is -0.656. The maximum atomic E-state index is 13.8. The van der Waals surface area contributed by atoms with Crippen LogP contribution in [-0.4, -0.2) is 29.6 Å². The third kappa shape index (κ3) is 6.24. The molecule has 0 spiro atoms. The van der Waals surface area contributed by atoms with E-state index in [1.165, 1.54) is 24.6 Å². The molecule has 1 aliphatic heterocycles. The fourth-order valence-corrected chi connectivity index (χ4v) is 4.39. The largest absolute Gasteiger partial charge is 0.460 e. The first-order chi connectivity index (χ1) is 15.4. The summed E-state index contributed by atoms with van der Waals surface area (Å²) in [6, 6.07) is 9.97. The van der Waals surface area contributed by atoms with Gasteiger partial charge in [0.25, 0.3) is 5.91 Å². The van der Waals surface area contributed by atoms with Gasteiger partial charge in [-0.25, -0.2) is 4.39 Å². The van der Waals surface area contributed by atoms with E-state index in [-0.39, 0.29) is 12.3 Å². The zero-order valence-electron chi connectivity index (χ0n) is 20.1. The number of ether oxygens (including phenoxy) is 1. The molecule has 2 aromatic rings. The highest BCUT2D eigenvalue weighted by atomic mass is 19.1. The summed E-state index contributed by atoms with van der Waals surface area (Å²) < 4.78 is 19.2. The number of piperidine rings is 1. The van der Waals surface area contributed by atoms with Crippen molar-refractivity contribution in [1.29, 1.82) is 0 Å². The second kappa shape index (κ2) is 9.81. The summed E-state index contributed by atoms with van der Waals surface area (Å²) in [5, 5.41) is 2.78. The average Bonchev–Trinajstić information content (AvgIpc) is 2.69. The molecule has 0 aromatic heterocycles. The molecule has 1 fully saturated rings. The van der Waals surface area contributed by atoms with Crippen LogP contribution in [0.2, 0.25) is 0 Å². The third-order valence-corrected chi connectivity index (χ3v) is 5.83. The van der Waals surface area contributed by atoms with Crippen molar-refractivity contribution in [2.24, 2.45) is 0 Å². The summed E-state index contributed by atoms with van der Waals surface area (Å²) >= 11 is 0. The average molecular weight is 456 g/mol. The van der Waals surface area contributed by atoms with E-state index in [4.69, 9.17) is 10.5 Å². The SMILES string of the molecule is CC1CCCC(C)N1c1ccc(C(=O)Nc2ccc(F)cc2CC(=O)OC(C)(C)C)cc1N. The van der Waals surface area contributed by atoms with Gasteiger partial charge >= 0.3 is 5.97 Å². The number of hydrogen-bond donors (Lipinski definition) is 2. The molecule has 1 heterocycles. The second-order valence-corrected chi connectivity index (χ2v) is 9.83. The topological polar surface area (TPSA) is 84.7 Å². The number of carbonyl (C=O) groups is 2. The van der Waals surface area contributed by atoms with E-state index in [9.17, 15) is 14.0 Å². The number of carbonyl (C=O) groups excluding carboxylic acids is 2. The van der Waals surface area contributed by atoms with Gasteiger partial charge in [-0.05, 0) is 95.8 Å². The number of esters is 1. The maximum Gasteiger partial charge on any atom is 0.310 e. The number of anilines is 3. The number of halogens is 1. The van der Waals surface area contributed by atoms with Crippen LogP contribution in [0, 0.1) is 5.82 Å². The van der Waals surface area contributed by atoms with Crippen molar-refractivity contribution in [3.63, 3.8) is 0 Å². The van der Waals surface area contributed by atoms with Gasteiger partial charge in [0.15, 0.2) is 0 Å². The predicted octanol–water partition coefficient (Wildman–Crippen LogP) is 5.31. The first kappa shape index (κ1) is 24.6. The summed E-state index contributed by atoms with van der Waals surface area (Å²) in [5.41, 5.74) is 8.25. The molecule has 2 atom stereocenters. The van der Waals surface area contributed by atoms with Gasteiger partial charge in [0.05, 0.1) is 17.8 Å². The Balaban J connectivity index is 1.79. The molecule has 1 saturated heterocycles. The van der Waals surface area contributed by atoms with Crippen molar-refractivity contribution in [3.05, 3.63) is 53.3 Å². The molecule has 178 valence electrons. The van der Waals surface area contributed by atoms with E-state index >= 15 is 0 Å². The van der Waals surface area contributed by atoms with Crippen LogP contribution in [0.3, 0.4) is 0 Å². The molecule has 6 nitrogen and oxygen atoms in total. The zero-order valence-corrected chi connectivity index (χ0v) is 20.1. The Morgan fingerprint density at radius 2 is 1.79 bits per heavy atom. The van der Waals surface area contributed by atoms with Crippen molar-refractivity contribution in [3.8, 4) is 0 Å². The number of nitrogens with two attached hydrogens (primary N) is 1. The number of benzene rings is 2. The molecular weight excluding hydrogens is 421 g/mol. The minimum Gasteiger partial charge on any atom is -0.460 e.